The zero-order valence-electron chi connectivity index (χ0n) is 15.3. The van der Waals surface area contributed by atoms with Crippen molar-refractivity contribution in [1.29, 1.82) is 0 Å². The number of hydrogen-bond donors (Lipinski definition) is 0. The summed E-state index contributed by atoms with van der Waals surface area (Å²) in [5, 5.41) is 5.40. The molecule has 7 nitrogen and oxygen atoms in total. The number of fused-ring (bicyclic) bond motifs is 3. The van der Waals surface area contributed by atoms with E-state index in [1.54, 1.807) is 4.40 Å². The molecule has 1 aromatic carbocycles. The maximum Gasteiger partial charge on any atom is 0.352 e. The summed E-state index contributed by atoms with van der Waals surface area (Å²) < 4.78 is 2.94. The Morgan fingerprint density at radius 1 is 1.07 bits per heavy atom. The molecular weight excluding hydrogens is 342 g/mol. The molecular formula is C20H23N5O2. The average molecular weight is 365 g/mol. The molecule has 1 aliphatic heterocycles. The molecule has 27 heavy (non-hydrogen) atoms. The third kappa shape index (κ3) is 2.91. The van der Waals surface area contributed by atoms with Crippen molar-refractivity contribution >= 4 is 22.5 Å². The topological polar surface area (TPSA) is 72.5 Å². The molecule has 140 valence electrons. The van der Waals surface area contributed by atoms with E-state index in [4.69, 9.17) is 4.98 Å². The first-order chi connectivity index (χ1) is 13.2. The van der Waals surface area contributed by atoms with Gasteiger partial charge in [0.25, 0.3) is 0 Å². The standard InChI is InChI=1S/C20H23N5O2/c26-17(23-11-5-1-2-6-12-23)13-24-20(27)25-18(14-9-10-14)21-16-8-4-3-7-15(16)19(25)22-24/h3-4,7-8,14H,1-2,5-6,9-13H2. The number of carbonyl (C=O) groups is 1. The first-order valence-electron chi connectivity index (χ1n) is 9.88. The first-order valence-corrected chi connectivity index (χ1v) is 9.88. The number of likely N-dealkylation sites (tertiary alicyclic amines) is 1. The molecule has 0 radical (unpaired) electrons. The van der Waals surface area contributed by atoms with Crippen molar-refractivity contribution in [2.24, 2.45) is 0 Å². The zero-order chi connectivity index (χ0) is 18.4. The minimum absolute atomic E-state index is 0.00104. The number of carbonyl (C=O) groups excluding carboxylic acids is 1. The fourth-order valence-electron chi connectivity index (χ4n) is 3.99. The van der Waals surface area contributed by atoms with Crippen LogP contribution in [-0.4, -0.2) is 43.1 Å². The predicted octanol–water partition coefficient (Wildman–Crippen LogP) is 2.32. The molecule has 3 aromatic rings. The number of amides is 1. The molecule has 0 N–H and O–H groups in total. The number of aromatic nitrogens is 4. The lowest BCUT2D eigenvalue weighted by molar-refractivity contribution is -0.132. The highest BCUT2D eigenvalue weighted by molar-refractivity contribution is 5.91. The first kappa shape index (κ1) is 16.5. The van der Waals surface area contributed by atoms with Gasteiger partial charge in [-0.1, -0.05) is 25.0 Å². The van der Waals surface area contributed by atoms with Gasteiger partial charge in [-0.25, -0.2) is 18.9 Å². The van der Waals surface area contributed by atoms with Crippen molar-refractivity contribution < 1.29 is 4.79 Å². The maximum atomic E-state index is 13.1. The number of rotatable bonds is 3. The fourth-order valence-corrected chi connectivity index (χ4v) is 3.99. The molecule has 2 fully saturated rings. The molecule has 2 aromatic heterocycles. The molecule has 0 bridgehead atoms. The number of nitrogens with zero attached hydrogens (tertiary/aromatic N) is 5. The van der Waals surface area contributed by atoms with Crippen LogP contribution in [0, 0.1) is 0 Å². The van der Waals surface area contributed by atoms with Crippen LogP contribution in [-0.2, 0) is 11.3 Å². The number of hydrogen-bond acceptors (Lipinski definition) is 4. The molecule has 0 atom stereocenters. The van der Waals surface area contributed by atoms with Crippen LogP contribution < -0.4 is 5.69 Å². The Hall–Kier alpha value is -2.70. The van der Waals surface area contributed by atoms with Crippen LogP contribution in [0.5, 0.6) is 0 Å². The van der Waals surface area contributed by atoms with Gasteiger partial charge in [-0.2, -0.15) is 0 Å². The lowest BCUT2D eigenvalue weighted by atomic mass is 10.2. The molecule has 2 aliphatic rings. The van der Waals surface area contributed by atoms with Crippen molar-refractivity contribution in [3.63, 3.8) is 0 Å². The normalized spacial score (nSPS) is 18.1. The Morgan fingerprint density at radius 3 is 2.56 bits per heavy atom. The Balaban J connectivity index is 1.58. The van der Waals surface area contributed by atoms with Gasteiger partial charge in [-0.05, 0) is 37.8 Å². The van der Waals surface area contributed by atoms with Crippen molar-refractivity contribution in [1.82, 2.24) is 24.1 Å². The van der Waals surface area contributed by atoms with E-state index < -0.39 is 0 Å². The van der Waals surface area contributed by atoms with Crippen LogP contribution in [0.1, 0.15) is 50.3 Å². The van der Waals surface area contributed by atoms with Gasteiger partial charge in [0.1, 0.15) is 12.4 Å². The van der Waals surface area contributed by atoms with E-state index in [-0.39, 0.29) is 18.1 Å². The van der Waals surface area contributed by atoms with E-state index in [1.165, 1.54) is 17.5 Å². The summed E-state index contributed by atoms with van der Waals surface area (Å²) in [6.45, 7) is 1.55. The van der Waals surface area contributed by atoms with E-state index in [2.05, 4.69) is 5.10 Å². The molecule has 5 rings (SSSR count). The van der Waals surface area contributed by atoms with E-state index >= 15 is 0 Å². The smallest absolute Gasteiger partial charge is 0.341 e. The van der Waals surface area contributed by atoms with Gasteiger partial charge in [0.2, 0.25) is 5.91 Å². The summed E-state index contributed by atoms with van der Waals surface area (Å²) in [6, 6.07) is 7.75. The predicted molar refractivity (Wildman–Crippen MR) is 102 cm³/mol. The molecule has 1 saturated carbocycles. The lowest BCUT2D eigenvalue weighted by Gasteiger charge is -2.19. The third-order valence-corrected chi connectivity index (χ3v) is 5.63. The van der Waals surface area contributed by atoms with Crippen LogP contribution in [0.15, 0.2) is 29.1 Å². The average Bonchev–Trinajstić information content (AvgIpc) is 3.50. The largest absolute Gasteiger partial charge is 0.352 e. The SMILES string of the molecule is O=C(Cn1nc2c3ccccc3nc(C3CC3)n2c1=O)N1CCCCCC1. The molecule has 0 spiro atoms. The second kappa shape index (κ2) is 6.48. The van der Waals surface area contributed by atoms with E-state index in [1.807, 2.05) is 29.2 Å². The van der Waals surface area contributed by atoms with E-state index in [0.29, 0.717) is 11.6 Å². The highest BCUT2D eigenvalue weighted by Gasteiger charge is 2.30. The molecule has 1 aliphatic carbocycles. The van der Waals surface area contributed by atoms with Gasteiger partial charge in [0.15, 0.2) is 5.65 Å². The Labute approximate surface area is 156 Å². The summed E-state index contributed by atoms with van der Waals surface area (Å²) in [5.74, 6) is 1.07. The third-order valence-electron chi connectivity index (χ3n) is 5.63. The minimum Gasteiger partial charge on any atom is -0.341 e. The van der Waals surface area contributed by atoms with Crippen LogP contribution in [0.3, 0.4) is 0 Å². The monoisotopic (exact) mass is 365 g/mol. The van der Waals surface area contributed by atoms with Crippen LogP contribution in [0.4, 0.5) is 0 Å². The maximum absolute atomic E-state index is 13.1. The van der Waals surface area contributed by atoms with Crippen molar-refractivity contribution in [3.8, 4) is 0 Å². The van der Waals surface area contributed by atoms with Crippen molar-refractivity contribution in [2.45, 2.75) is 51.0 Å². The molecule has 7 heteroatoms. The van der Waals surface area contributed by atoms with Crippen LogP contribution >= 0.6 is 0 Å². The molecule has 3 heterocycles. The summed E-state index contributed by atoms with van der Waals surface area (Å²) in [4.78, 5) is 32.4. The van der Waals surface area contributed by atoms with Gasteiger partial charge in [0.05, 0.1) is 5.52 Å². The lowest BCUT2D eigenvalue weighted by Crippen LogP contribution is -2.37. The van der Waals surface area contributed by atoms with Crippen molar-refractivity contribution in [2.75, 3.05) is 13.1 Å². The van der Waals surface area contributed by atoms with Gasteiger partial charge in [-0.3, -0.25) is 4.79 Å². The quantitative estimate of drug-likeness (QED) is 0.714. The van der Waals surface area contributed by atoms with E-state index in [9.17, 15) is 9.59 Å². The van der Waals surface area contributed by atoms with Gasteiger partial charge < -0.3 is 4.90 Å². The highest BCUT2D eigenvalue weighted by Crippen LogP contribution is 2.39. The number of para-hydroxylation sites is 1. The zero-order valence-corrected chi connectivity index (χ0v) is 15.3. The van der Waals surface area contributed by atoms with Crippen LogP contribution in [0.2, 0.25) is 0 Å². The Morgan fingerprint density at radius 2 is 1.81 bits per heavy atom. The van der Waals surface area contributed by atoms with E-state index in [0.717, 1.165) is 55.5 Å². The molecule has 1 saturated heterocycles. The Bertz CT molecular complexity index is 1070. The molecule has 0 unspecified atom stereocenters. The minimum atomic E-state index is -0.256. The summed E-state index contributed by atoms with van der Waals surface area (Å²) in [7, 11) is 0. The van der Waals surface area contributed by atoms with Gasteiger partial charge >= 0.3 is 5.69 Å². The summed E-state index contributed by atoms with van der Waals surface area (Å²) in [5.41, 5.74) is 1.20. The highest BCUT2D eigenvalue weighted by atomic mass is 16.2. The van der Waals surface area contributed by atoms with Crippen LogP contribution in [0.25, 0.3) is 16.6 Å². The van der Waals surface area contributed by atoms with Gasteiger partial charge in [0, 0.05) is 24.4 Å². The van der Waals surface area contributed by atoms with Crippen molar-refractivity contribution in [3.05, 3.63) is 40.6 Å². The second-order valence-electron chi connectivity index (χ2n) is 7.66. The number of benzene rings is 1. The second-order valence-corrected chi connectivity index (χ2v) is 7.66. The summed E-state index contributed by atoms with van der Waals surface area (Å²) >= 11 is 0. The van der Waals surface area contributed by atoms with Gasteiger partial charge in [-0.15, -0.1) is 5.10 Å². The fraction of sp³-hybridized carbons (Fsp3) is 0.500. The Kier molecular flexibility index (Phi) is 3.95. The molecule has 1 amide bonds. The summed E-state index contributed by atoms with van der Waals surface area (Å²) in [6.07, 6.45) is 6.49.